The average molecular weight is 345 g/mol. The largest absolute Gasteiger partial charge is 0.358 e. The number of hydrogen-bond acceptors (Lipinski definition) is 2. The van der Waals surface area contributed by atoms with Crippen LogP contribution in [0.4, 0.5) is 0 Å². The summed E-state index contributed by atoms with van der Waals surface area (Å²) in [6, 6.07) is 8.55. The monoisotopic (exact) mass is 344 g/mol. The van der Waals surface area contributed by atoms with E-state index < -0.39 is 0 Å². The molecule has 130 valence electrons. The molecule has 1 aromatic carbocycles. The molecule has 2 heterocycles. The van der Waals surface area contributed by atoms with Crippen molar-refractivity contribution in [3.8, 4) is 0 Å². The Morgan fingerprint density at radius 1 is 1.42 bits per heavy atom. The van der Waals surface area contributed by atoms with Crippen LogP contribution in [-0.4, -0.2) is 53.5 Å². The van der Waals surface area contributed by atoms with Gasteiger partial charge in [-0.15, -0.1) is 0 Å². The van der Waals surface area contributed by atoms with Crippen LogP contribution >= 0.6 is 11.8 Å². The third kappa shape index (κ3) is 3.72. The van der Waals surface area contributed by atoms with Gasteiger partial charge in [-0.25, -0.2) is 0 Å². The molecule has 1 aliphatic rings. The van der Waals surface area contributed by atoms with Gasteiger partial charge < -0.3 is 15.2 Å². The number of aryl methyl sites for hydroxylation is 1. The molecule has 0 saturated carbocycles. The van der Waals surface area contributed by atoms with E-state index in [1.807, 2.05) is 7.05 Å². The van der Waals surface area contributed by atoms with Crippen molar-refractivity contribution in [1.82, 2.24) is 15.2 Å². The first-order chi connectivity index (χ1) is 11.7. The van der Waals surface area contributed by atoms with Crippen LogP contribution in [0.5, 0.6) is 0 Å². The maximum absolute atomic E-state index is 4.50. The van der Waals surface area contributed by atoms with Crippen molar-refractivity contribution < 1.29 is 0 Å². The molecule has 1 fully saturated rings. The van der Waals surface area contributed by atoms with Gasteiger partial charge in [0.05, 0.1) is 0 Å². The molecule has 1 aromatic heterocycles. The number of para-hydroxylation sites is 1. The molecule has 24 heavy (non-hydrogen) atoms. The predicted molar refractivity (Wildman–Crippen MR) is 106 cm³/mol. The van der Waals surface area contributed by atoms with Crippen molar-refractivity contribution in [3.63, 3.8) is 0 Å². The number of nitrogens with one attached hydrogen (secondary N) is 2. The van der Waals surface area contributed by atoms with Crippen LogP contribution in [0.2, 0.25) is 0 Å². The summed E-state index contributed by atoms with van der Waals surface area (Å²) in [7, 11) is 1.89. The van der Waals surface area contributed by atoms with Crippen LogP contribution < -0.4 is 5.32 Å². The lowest BCUT2D eigenvalue weighted by Gasteiger charge is -2.34. The lowest BCUT2D eigenvalue weighted by atomic mass is 10.1. The zero-order valence-electron chi connectivity index (χ0n) is 14.9. The van der Waals surface area contributed by atoms with Gasteiger partial charge >= 0.3 is 0 Å². The van der Waals surface area contributed by atoms with E-state index in [1.165, 1.54) is 34.3 Å². The van der Waals surface area contributed by atoms with Gasteiger partial charge in [0.2, 0.25) is 0 Å². The molecule has 0 radical (unpaired) electrons. The van der Waals surface area contributed by atoms with Crippen LogP contribution in [0.15, 0.2) is 29.3 Å². The van der Waals surface area contributed by atoms with Crippen molar-refractivity contribution in [3.05, 3.63) is 35.5 Å². The molecule has 1 unspecified atom stereocenters. The molecule has 3 rings (SSSR count). The highest BCUT2D eigenvalue weighted by molar-refractivity contribution is 8.00. The SMILES string of the molecule is CCC1CN(C(=NC)NCCc2c(C)[nH]c3ccccc23)CCS1. The Morgan fingerprint density at radius 2 is 2.25 bits per heavy atom. The highest BCUT2D eigenvalue weighted by atomic mass is 32.2. The van der Waals surface area contributed by atoms with Crippen molar-refractivity contribution in [2.75, 3.05) is 32.4 Å². The minimum Gasteiger partial charge on any atom is -0.358 e. The fraction of sp³-hybridized carbons (Fsp3) is 0.526. The molecule has 1 aliphatic heterocycles. The average Bonchev–Trinajstić information content (AvgIpc) is 2.94. The summed E-state index contributed by atoms with van der Waals surface area (Å²) in [4.78, 5) is 10.4. The number of aromatic amines is 1. The van der Waals surface area contributed by atoms with Gasteiger partial charge in [-0.2, -0.15) is 11.8 Å². The maximum atomic E-state index is 4.50. The number of aliphatic imine (C=N–C) groups is 1. The quantitative estimate of drug-likeness (QED) is 0.660. The molecule has 5 heteroatoms. The number of benzene rings is 1. The number of rotatable bonds is 4. The number of hydrogen-bond donors (Lipinski definition) is 2. The van der Waals surface area contributed by atoms with E-state index >= 15 is 0 Å². The summed E-state index contributed by atoms with van der Waals surface area (Å²) < 4.78 is 0. The van der Waals surface area contributed by atoms with Gasteiger partial charge in [-0.05, 0) is 31.4 Å². The van der Waals surface area contributed by atoms with Crippen molar-refractivity contribution in [2.45, 2.75) is 31.9 Å². The van der Waals surface area contributed by atoms with E-state index in [0.29, 0.717) is 0 Å². The summed E-state index contributed by atoms with van der Waals surface area (Å²) in [6.45, 7) is 7.55. The van der Waals surface area contributed by atoms with Gasteiger partial charge in [-0.1, -0.05) is 25.1 Å². The van der Waals surface area contributed by atoms with E-state index in [9.17, 15) is 0 Å². The lowest BCUT2D eigenvalue weighted by Crippen LogP contribution is -2.48. The van der Waals surface area contributed by atoms with Crippen molar-refractivity contribution in [1.29, 1.82) is 0 Å². The van der Waals surface area contributed by atoms with Crippen LogP contribution in [-0.2, 0) is 6.42 Å². The Balaban J connectivity index is 1.61. The Morgan fingerprint density at radius 3 is 3.04 bits per heavy atom. The minimum absolute atomic E-state index is 0.730. The summed E-state index contributed by atoms with van der Waals surface area (Å²) in [6.07, 6.45) is 2.24. The fourth-order valence-corrected chi connectivity index (χ4v) is 4.63. The number of H-pyrrole nitrogens is 1. The van der Waals surface area contributed by atoms with Crippen LogP contribution in [0.25, 0.3) is 10.9 Å². The normalized spacial score (nSPS) is 19.0. The zero-order valence-corrected chi connectivity index (χ0v) is 15.7. The van der Waals surface area contributed by atoms with E-state index in [-0.39, 0.29) is 0 Å². The molecule has 0 bridgehead atoms. The third-order valence-electron chi connectivity index (χ3n) is 4.79. The molecule has 2 aromatic rings. The molecule has 1 atom stereocenters. The lowest BCUT2D eigenvalue weighted by molar-refractivity contribution is 0.408. The number of guanidine groups is 1. The highest BCUT2D eigenvalue weighted by Crippen LogP contribution is 2.23. The Kier molecular flexibility index (Phi) is 5.72. The third-order valence-corrected chi connectivity index (χ3v) is 6.16. The van der Waals surface area contributed by atoms with Crippen LogP contribution in [0, 0.1) is 6.92 Å². The molecule has 0 spiro atoms. The number of nitrogens with zero attached hydrogens (tertiary/aromatic N) is 2. The second-order valence-corrected chi connectivity index (χ2v) is 7.75. The predicted octanol–water partition coefficient (Wildman–Crippen LogP) is 3.42. The van der Waals surface area contributed by atoms with Crippen LogP contribution in [0.1, 0.15) is 24.6 Å². The maximum Gasteiger partial charge on any atom is 0.193 e. The standard InChI is InChI=1S/C19H28N4S/c1-4-15-13-23(11-12-24-15)19(20-3)21-10-9-16-14(2)22-18-8-6-5-7-17(16)18/h5-8,15,22H,4,9-13H2,1-3H3,(H,20,21). The van der Waals surface area contributed by atoms with Gasteiger partial charge in [0.1, 0.15) is 0 Å². The van der Waals surface area contributed by atoms with E-state index in [2.05, 4.69) is 70.1 Å². The van der Waals surface area contributed by atoms with Gasteiger partial charge in [0, 0.05) is 54.3 Å². The summed E-state index contributed by atoms with van der Waals surface area (Å²) in [5, 5.41) is 5.64. The minimum atomic E-state index is 0.730. The van der Waals surface area contributed by atoms with Crippen LogP contribution in [0.3, 0.4) is 0 Å². The molecule has 0 amide bonds. The van der Waals surface area contributed by atoms with E-state index in [1.54, 1.807) is 0 Å². The van der Waals surface area contributed by atoms with Gasteiger partial charge in [0.15, 0.2) is 5.96 Å². The molecule has 4 nitrogen and oxygen atoms in total. The van der Waals surface area contributed by atoms with Gasteiger partial charge in [0.25, 0.3) is 0 Å². The van der Waals surface area contributed by atoms with Gasteiger partial charge in [-0.3, -0.25) is 4.99 Å². The second kappa shape index (κ2) is 7.97. The number of aromatic nitrogens is 1. The first-order valence-corrected chi connectivity index (χ1v) is 9.91. The molecule has 2 N–H and O–H groups in total. The zero-order chi connectivity index (χ0) is 16.9. The molecular weight excluding hydrogens is 316 g/mol. The summed E-state index contributed by atoms with van der Waals surface area (Å²) >= 11 is 2.09. The Hall–Kier alpha value is -1.62. The summed E-state index contributed by atoms with van der Waals surface area (Å²) in [5.41, 5.74) is 3.91. The first kappa shape index (κ1) is 17.2. The number of thioether (sulfide) groups is 1. The Bertz CT molecular complexity index is 706. The number of fused-ring (bicyclic) bond motifs is 1. The van der Waals surface area contributed by atoms with E-state index in [0.717, 1.165) is 37.3 Å². The highest BCUT2D eigenvalue weighted by Gasteiger charge is 2.21. The topological polar surface area (TPSA) is 43.4 Å². The molecule has 1 saturated heterocycles. The molecular formula is C19H28N4S. The summed E-state index contributed by atoms with van der Waals surface area (Å²) in [5.74, 6) is 2.24. The second-order valence-electron chi connectivity index (χ2n) is 6.35. The van der Waals surface area contributed by atoms with E-state index in [4.69, 9.17) is 0 Å². The fourth-order valence-electron chi connectivity index (χ4n) is 3.45. The first-order valence-electron chi connectivity index (χ1n) is 8.86. The smallest absolute Gasteiger partial charge is 0.193 e. The van der Waals surface area contributed by atoms with Crippen molar-refractivity contribution >= 4 is 28.6 Å². The Labute approximate surface area is 149 Å². The van der Waals surface area contributed by atoms with Crippen molar-refractivity contribution in [2.24, 2.45) is 4.99 Å². The molecule has 0 aliphatic carbocycles.